The number of fused-ring (bicyclic) bond motifs is 2. The number of aromatic nitrogens is 2. The lowest BCUT2D eigenvalue weighted by molar-refractivity contribution is -0.124. The Labute approximate surface area is 207 Å². The minimum Gasteiger partial charge on any atom is -0.361 e. The summed E-state index contributed by atoms with van der Waals surface area (Å²) in [5.74, 6) is -0.802. The quantitative estimate of drug-likeness (QED) is 0.148. The zero-order valence-electron chi connectivity index (χ0n) is 19.0. The molecule has 0 bridgehead atoms. The third-order valence-corrected chi connectivity index (χ3v) is 6.89. The van der Waals surface area contributed by atoms with Crippen molar-refractivity contribution in [1.82, 2.24) is 20.3 Å². The molecule has 1 atom stereocenters. The summed E-state index contributed by atoms with van der Waals surface area (Å²) in [5, 5.41) is 10.4. The highest BCUT2D eigenvalue weighted by atomic mass is 35.5. The van der Waals surface area contributed by atoms with Crippen LogP contribution in [0.2, 0.25) is 5.15 Å². The minimum absolute atomic E-state index is 0.244. The Balaban J connectivity index is 1.38. The molecule has 35 heavy (non-hydrogen) atoms. The van der Waals surface area contributed by atoms with Crippen LogP contribution in [0.15, 0.2) is 60.8 Å². The van der Waals surface area contributed by atoms with E-state index in [9.17, 15) is 9.18 Å². The molecular formula is C27H26ClFN4O2. The number of carbonyl (C=O) groups excluding carboxylic acids is 1. The molecule has 4 aromatic rings. The van der Waals surface area contributed by atoms with E-state index in [0.29, 0.717) is 5.15 Å². The van der Waals surface area contributed by atoms with Gasteiger partial charge in [-0.25, -0.2) is 9.87 Å². The van der Waals surface area contributed by atoms with Crippen LogP contribution in [0.25, 0.3) is 17.0 Å². The SMILES string of the molecule is O=C(C=Cc1ccc2c(c1)CCC2N(CCc1c[nH]c2cc(F)ccc12)Cc1ccc(Cl)[nH]1)NO. The second kappa shape index (κ2) is 10.1. The number of halogens is 2. The van der Waals surface area contributed by atoms with E-state index in [1.165, 1.54) is 29.3 Å². The molecular weight excluding hydrogens is 467 g/mol. The highest BCUT2D eigenvalue weighted by molar-refractivity contribution is 6.29. The lowest BCUT2D eigenvalue weighted by Gasteiger charge is -2.29. The van der Waals surface area contributed by atoms with Crippen LogP contribution in [0.5, 0.6) is 0 Å². The fourth-order valence-electron chi connectivity index (χ4n) is 5.00. The van der Waals surface area contributed by atoms with Gasteiger partial charge in [0.2, 0.25) is 0 Å². The lowest BCUT2D eigenvalue weighted by Crippen LogP contribution is -2.29. The van der Waals surface area contributed by atoms with Crippen molar-refractivity contribution >= 4 is 34.5 Å². The topological polar surface area (TPSA) is 84.2 Å². The predicted molar refractivity (Wildman–Crippen MR) is 135 cm³/mol. The maximum absolute atomic E-state index is 13.6. The van der Waals surface area contributed by atoms with Crippen LogP contribution in [0.1, 0.15) is 40.4 Å². The molecule has 8 heteroatoms. The van der Waals surface area contributed by atoms with Crippen LogP contribution in [0.3, 0.4) is 0 Å². The number of rotatable bonds is 8. The summed E-state index contributed by atoms with van der Waals surface area (Å²) < 4.78 is 13.6. The van der Waals surface area contributed by atoms with Gasteiger partial charge in [0.15, 0.2) is 0 Å². The van der Waals surface area contributed by atoms with Gasteiger partial charge in [0, 0.05) is 48.0 Å². The van der Waals surface area contributed by atoms with Gasteiger partial charge in [-0.2, -0.15) is 0 Å². The second-order valence-corrected chi connectivity index (χ2v) is 9.29. The summed E-state index contributed by atoms with van der Waals surface area (Å²) in [6.45, 7) is 1.55. The van der Waals surface area contributed by atoms with Crippen LogP contribution in [-0.4, -0.2) is 32.5 Å². The molecule has 180 valence electrons. The number of aryl methyl sites for hydroxylation is 1. The number of aromatic amines is 2. The van der Waals surface area contributed by atoms with Crippen LogP contribution >= 0.6 is 11.6 Å². The largest absolute Gasteiger partial charge is 0.361 e. The summed E-state index contributed by atoms with van der Waals surface area (Å²) in [7, 11) is 0. The van der Waals surface area contributed by atoms with Crippen LogP contribution in [0, 0.1) is 5.82 Å². The first-order chi connectivity index (χ1) is 17.0. The molecule has 1 amide bonds. The molecule has 6 nitrogen and oxygen atoms in total. The molecule has 2 heterocycles. The molecule has 0 spiro atoms. The van der Waals surface area contributed by atoms with Gasteiger partial charge in [-0.1, -0.05) is 29.8 Å². The monoisotopic (exact) mass is 492 g/mol. The molecule has 4 N–H and O–H groups in total. The number of carbonyl (C=O) groups is 1. The van der Waals surface area contributed by atoms with E-state index in [2.05, 4.69) is 27.0 Å². The van der Waals surface area contributed by atoms with Crippen molar-refractivity contribution in [3.05, 3.63) is 99.7 Å². The van der Waals surface area contributed by atoms with Crippen LogP contribution in [-0.2, 0) is 24.2 Å². The first-order valence-electron chi connectivity index (χ1n) is 11.6. The molecule has 2 aromatic heterocycles. The fraction of sp³-hybridized carbons (Fsp3) is 0.222. The standard InChI is InChI=1S/C27H26ClFN4O2/c28-26-9-5-21(31-26)16-33(12-11-19-15-30-24-14-20(29)4-7-22(19)24)25-8-3-18-13-17(1-6-23(18)25)2-10-27(34)32-35/h1-2,4-7,9-10,13-15,25,30-31,35H,3,8,11-12,16H2,(H,32,34). The molecule has 0 aliphatic heterocycles. The van der Waals surface area contributed by atoms with Gasteiger partial charge in [-0.15, -0.1) is 0 Å². The molecule has 2 aromatic carbocycles. The predicted octanol–water partition coefficient (Wildman–Crippen LogP) is 5.54. The third kappa shape index (κ3) is 5.17. The maximum atomic E-state index is 13.6. The van der Waals surface area contributed by atoms with E-state index in [1.807, 2.05) is 30.5 Å². The molecule has 5 rings (SSSR count). The molecule has 1 aliphatic carbocycles. The van der Waals surface area contributed by atoms with Crippen molar-refractivity contribution in [3.63, 3.8) is 0 Å². The zero-order valence-corrected chi connectivity index (χ0v) is 19.8. The molecule has 1 aliphatic rings. The molecule has 0 radical (unpaired) electrons. The number of nitrogens with one attached hydrogen (secondary N) is 3. The van der Waals surface area contributed by atoms with Gasteiger partial charge in [0.1, 0.15) is 11.0 Å². The molecule has 0 fully saturated rings. The van der Waals surface area contributed by atoms with Crippen molar-refractivity contribution in [2.24, 2.45) is 0 Å². The van der Waals surface area contributed by atoms with E-state index in [-0.39, 0.29) is 11.9 Å². The highest BCUT2D eigenvalue weighted by Crippen LogP contribution is 2.37. The van der Waals surface area contributed by atoms with Gasteiger partial charge >= 0.3 is 0 Å². The van der Waals surface area contributed by atoms with Crippen molar-refractivity contribution in [3.8, 4) is 0 Å². The number of hydroxylamine groups is 1. The summed E-state index contributed by atoms with van der Waals surface area (Å²) in [6.07, 6.45) is 7.73. The average Bonchev–Trinajstić information content (AvgIpc) is 3.58. The van der Waals surface area contributed by atoms with E-state index >= 15 is 0 Å². The number of nitrogens with zero attached hydrogens (tertiary/aromatic N) is 1. The van der Waals surface area contributed by atoms with Crippen molar-refractivity contribution in [2.75, 3.05) is 6.54 Å². The van der Waals surface area contributed by atoms with Crippen molar-refractivity contribution in [2.45, 2.75) is 31.8 Å². The number of benzene rings is 2. The van der Waals surface area contributed by atoms with E-state index in [4.69, 9.17) is 16.8 Å². The summed E-state index contributed by atoms with van der Waals surface area (Å²) in [6, 6.07) is 15.2. The Morgan fingerprint density at radius 1 is 1.23 bits per heavy atom. The number of hydrogen-bond acceptors (Lipinski definition) is 3. The first-order valence-corrected chi connectivity index (χ1v) is 12.0. The maximum Gasteiger partial charge on any atom is 0.267 e. The third-order valence-electron chi connectivity index (χ3n) is 6.67. The highest BCUT2D eigenvalue weighted by Gasteiger charge is 2.28. The van der Waals surface area contributed by atoms with Gasteiger partial charge in [0.05, 0.1) is 0 Å². The Bertz CT molecular complexity index is 1390. The van der Waals surface area contributed by atoms with Crippen molar-refractivity contribution in [1.29, 1.82) is 0 Å². The van der Waals surface area contributed by atoms with E-state index in [0.717, 1.165) is 60.1 Å². The summed E-state index contributed by atoms with van der Waals surface area (Å²) in [5.41, 5.74) is 8.10. The Kier molecular flexibility index (Phi) is 6.72. The van der Waals surface area contributed by atoms with E-state index in [1.54, 1.807) is 11.6 Å². The summed E-state index contributed by atoms with van der Waals surface area (Å²) in [4.78, 5) is 20.2. The first kappa shape index (κ1) is 23.4. The Morgan fingerprint density at radius 3 is 2.91 bits per heavy atom. The van der Waals surface area contributed by atoms with Gasteiger partial charge < -0.3 is 9.97 Å². The van der Waals surface area contributed by atoms with Gasteiger partial charge in [-0.05, 0) is 77.9 Å². The minimum atomic E-state index is -0.556. The Morgan fingerprint density at radius 2 is 2.11 bits per heavy atom. The number of H-pyrrole nitrogens is 2. The second-order valence-electron chi connectivity index (χ2n) is 8.88. The van der Waals surface area contributed by atoms with Crippen molar-refractivity contribution < 1.29 is 14.4 Å². The molecule has 1 unspecified atom stereocenters. The Hall–Kier alpha value is -3.39. The van der Waals surface area contributed by atoms with E-state index < -0.39 is 5.91 Å². The molecule has 0 saturated carbocycles. The number of amides is 1. The van der Waals surface area contributed by atoms with Gasteiger partial charge in [-0.3, -0.25) is 14.9 Å². The summed E-state index contributed by atoms with van der Waals surface area (Å²) >= 11 is 6.14. The fourth-order valence-corrected chi connectivity index (χ4v) is 5.19. The number of hydrogen-bond donors (Lipinski definition) is 4. The molecule has 0 saturated heterocycles. The van der Waals surface area contributed by atoms with Crippen LogP contribution in [0.4, 0.5) is 4.39 Å². The zero-order chi connectivity index (χ0) is 24.4. The average molecular weight is 493 g/mol. The van der Waals surface area contributed by atoms with Gasteiger partial charge in [0.25, 0.3) is 5.91 Å². The van der Waals surface area contributed by atoms with Crippen LogP contribution < -0.4 is 5.48 Å². The normalized spacial score (nSPS) is 15.4. The smallest absolute Gasteiger partial charge is 0.267 e. The lowest BCUT2D eigenvalue weighted by atomic mass is 10.0.